The molecule has 0 spiro atoms. The van der Waals surface area contributed by atoms with Crippen molar-refractivity contribution in [1.29, 1.82) is 0 Å². The molecule has 1 heterocycles. The number of carboxylic acid groups (broad SMARTS) is 1. The van der Waals surface area contributed by atoms with Crippen LogP contribution in [0.4, 0.5) is 5.00 Å². The van der Waals surface area contributed by atoms with E-state index >= 15 is 0 Å². The fraction of sp³-hybridized carbons (Fsp3) is 0.600. The summed E-state index contributed by atoms with van der Waals surface area (Å²) < 4.78 is 0. The highest BCUT2D eigenvalue weighted by Crippen LogP contribution is 2.28. The van der Waals surface area contributed by atoms with E-state index in [1.807, 2.05) is 6.92 Å². The Balaban J connectivity index is 2.48. The van der Waals surface area contributed by atoms with E-state index in [1.54, 1.807) is 6.07 Å². The predicted molar refractivity (Wildman–Crippen MR) is 82.7 cm³/mol. The zero-order valence-electron chi connectivity index (χ0n) is 12.2. The molecule has 0 bridgehead atoms. The molecule has 1 rings (SSSR count). The number of carbonyl (C=O) groups is 2. The molecular weight excluding hydrogens is 274 g/mol. The minimum atomic E-state index is -0.987. The van der Waals surface area contributed by atoms with Crippen LogP contribution in [0.1, 0.15) is 67.6 Å². The monoisotopic (exact) mass is 297 g/mol. The summed E-state index contributed by atoms with van der Waals surface area (Å²) in [6.45, 7) is 4.12. The van der Waals surface area contributed by atoms with Gasteiger partial charge in [0.25, 0.3) is 0 Å². The fourth-order valence-electron chi connectivity index (χ4n) is 1.95. The average molecular weight is 297 g/mol. The van der Waals surface area contributed by atoms with Crippen LogP contribution in [0.2, 0.25) is 0 Å². The average Bonchev–Trinajstić information content (AvgIpc) is 2.81. The van der Waals surface area contributed by atoms with Crippen LogP contribution in [0.15, 0.2) is 6.07 Å². The summed E-state index contributed by atoms with van der Waals surface area (Å²) in [6.07, 6.45) is 6.69. The molecule has 0 aliphatic carbocycles. The highest BCUT2D eigenvalue weighted by atomic mass is 32.1. The summed E-state index contributed by atoms with van der Waals surface area (Å²) in [5, 5.41) is 12.3. The number of anilines is 1. The number of hydrogen-bond donors (Lipinski definition) is 2. The Hall–Kier alpha value is -1.36. The number of rotatable bonds is 9. The van der Waals surface area contributed by atoms with Crippen molar-refractivity contribution < 1.29 is 14.7 Å². The molecule has 0 unspecified atom stereocenters. The van der Waals surface area contributed by atoms with Gasteiger partial charge in [0.1, 0.15) is 5.00 Å². The number of amides is 1. The van der Waals surface area contributed by atoms with Gasteiger partial charge in [-0.3, -0.25) is 4.79 Å². The lowest BCUT2D eigenvalue weighted by Crippen LogP contribution is -2.12. The highest BCUT2D eigenvalue weighted by molar-refractivity contribution is 7.16. The van der Waals surface area contributed by atoms with Gasteiger partial charge in [0.05, 0.1) is 5.56 Å². The normalized spacial score (nSPS) is 10.5. The highest BCUT2D eigenvalue weighted by Gasteiger charge is 2.16. The van der Waals surface area contributed by atoms with Gasteiger partial charge in [-0.25, -0.2) is 4.79 Å². The Morgan fingerprint density at radius 2 is 1.90 bits per heavy atom. The number of thiophene rings is 1. The quantitative estimate of drug-likeness (QED) is 0.667. The first-order valence-electron chi connectivity index (χ1n) is 7.24. The smallest absolute Gasteiger partial charge is 0.338 e. The summed E-state index contributed by atoms with van der Waals surface area (Å²) in [5.74, 6) is -1.08. The molecule has 1 aromatic heterocycles. The van der Waals surface area contributed by atoms with Crippen LogP contribution >= 0.6 is 11.3 Å². The molecule has 0 aromatic carbocycles. The van der Waals surface area contributed by atoms with Crippen LogP contribution in [-0.4, -0.2) is 17.0 Å². The number of hydrogen-bond acceptors (Lipinski definition) is 3. The lowest BCUT2D eigenvalue weighted by molar-refractivity contribution is -0.116. The van der Waals surface area contributed by atoms with Gasteiger partial charge in [-0.15, -0.1) is 11.3 Å². The molecule has 5 heteroatoms. The van der Waals surface area contributed by atoms with Crippen LogP contribution in [0.5, 0.6) is 0 Å². The third kappa shape index (κ3) is 5.33. The van der Waals surface area contributed by atoms with Crippen LogP contribution < -0.4 is 5.32 Å². The van der Waals surface area contributed by atoms with Crippen molar-refractivity contribution in [2.24, 2.45) is 0 Å². The summed E-state index contributed by atoms with van der Waals surface area (Å²) >= 11 is 1.35. The lowest BCUT2D eigenvalue weighted by atomic mass is 10.1. The fourth-order valence-corrected chi connectivity index (χ4v) is 2.95. The molecule has 0 aliphatic rings. The lowest BCUT2D eigenvalue weighted by Gasteiger charge is -2.04. The number of aromatic carboxylic acids is 1. The largest absolute Gasteiger partial charge is 0.478 e. The van der Waals surface area contributed by atoms with E-state index in [-0.39, 0.29) is 11.5 Å². The molecule has 0 saturated heterocycles. The minimum absolute atomic E-state index is 0.0894. The maximum atomic E-state index is 11.8. The molecule has 0 aliphatic heterocycles. The molecule has 4 nitrogen and oxygen atoms in total. The number of nitrogens with one attached hydrogen (secondary N) is 1. The molecule has 2 N–H and O–H groups in total. The van der Waals surface area contributed by atoms with Gasteiger partial charge in [0, 0.05) is 11.3 Å². The van der Waals surface area contributed by atoms with Gasteiger partial charge in [0.15, 0.2) is 0 Å². The molecule has 0 radical (unpaired) electrons. The molecule has 0 saturated carbocycles. The number of unbranched alkanes of at least 4 members (excludes halogenated alkanes) is 4. The Morgan fingerprint density at radius 3 is 2.50 bits per heavy atom. The zero-order valence-corrected chi connectivity index (χ0v) is 13.0. The topological polar surface area (TPSA) is 66.4 Å². The van der Waals surface area contributed by atoms with Crippen LogP contribution in [-0.2, 0) is 11.2 Å². The van der Waals surface area contributed by atoms with Crippen molar-refractivity contribution >= 4 is 28.2 Å². The molecule has 1 aromatic rings. The maximum absolute atomic E-state index is 11.8. The van der Waals surface area contributed by atoms with Crippen LogP contribution in [0.25, 0.3) is 0 Å². The van der Waals surface area contributed by atoms with E-state index in [2.05, 4.69) is 12.2 Å². The van der Waals surface area contributed by atoms with E-state index in [1.165, 1.54) is 24.2 Å². The zero-order chi connectivity index (χ0) is 15.0. The van der Waals surface area contributed by atoms with Crippen LogP contribution in [0.3, 0.4) is 0 Å². The van der Waals surface area contributed by atoms with Crippen LogP contribution in [0, 0.1) is 0 Å². The summed E-state index contributed by atoms with van der Waals surface area (Å²) in [4.78, 5) is 23.9. The van der Waals surface area contributed by atoms with Crippen molar-refractivity contribution in [3.8, 4) is 0 Å². The maximum Gasteiger partial charge on any atom is 0.338 e. The van der Waals surface area contributed by atoms with E-state index in [9.17, 15) is 9.59 Å². The Kier molecular flexibility index (Phi) is 7.30. The minimum Gasteiger partial charge on any atom is -0.478 e. The Labute approximate surface area is 124 Å². The first-order valence-corrected chi connectivity index (χ1v) is 8.06. The van der Waals surface area contributed by atoms with Crippen molar-refractivity contribution in [3.63, 3.8) is 0 Å². The Bertz CT molecular complexity index is 454. The Morgan fingerprint density at radius 1 is 1.20 bits per heavy atom. The first-order chi connectivity index (χ1) is 9.58. The third-order valence-electron chi connectivity index (χ3n) is 3.12. The van der Waals surface area contributed by atoms with E-state index in [0.29, 0.717) is 11.4 Å². The molecule has 0 fully saturated rings. The number of aryl methyl sites for hydroxylation is 1. The summed E-state index contributed by atoms with van der Waals surface area (Å²) in [6, 6.07) is 1.64. The van der Waals surface area contributed by atoms with Crippen molar-refractivity contribution in [2.45, 2.75) is 58.8 Å². The SMILES string of the molecule is CCCCCCCC(=O)Nc1sc(CC)cc1C(=O)O. The standard InChI is InChI=1S/C15H23NO3S/c1-3-5-6-7-8-9-13(17)16-14-12(15(18)19)10-11(4-2)20-14/h10H,3-9H2,1-2H3,(H,16,17)(H,18,19). The van der Waals surface area contributed by atoms with Gasteiger partial charge >= 0.3 is 5.97 Å². The molecule has 0 atom stereocenters. The number of carbonyl (C=O) groups excluding carboxylic acids is 1. The van der Waals surface area contributed by atoms with Gasteiger partial charge in [-0.05, 0) is 18.9 Å². The second-order valence-electron chi connectivity index (χ2n) is 4.83. The van der Waals surface area contributed by atoms with Gasteiger partial charge < -0.3 is 10.4 Å². The summed E-state index contributed by atoms with van der Waals surface area (Å²) in [7, 11) is 0. The van der Waals surface area contributed by atoms with Gasteiger partial charge in [-0.1, -0.05) is 39.5 Å². The predicted octanol–water partition coefficient (Wildman–Crippen LogP) is 4.31. The molecular formula is C15H23NO3S. The summed E-state index contributed by atoms with van der Waals surface area (Å²) in [5.41, 5.74) is 0.200. The van der Waals surface area contributed by atoms with E-state index in [4.69, 9.17) is 5.11 Å². The van der Waals surface area contributed by atoms with Crippen molar-refractivity contribution in [3.05, 3.63) is 16.5 Å². The second-order valence-corrected chi connectivity index (χ2v) is 5.96. The van der Waals surface area contributed by atoms with Crippen molar-refractivity contribution in [1.82, 2.24) is 0 Å². The number of carboxylic acids is 1. The first kappa shape index (κ1) is 16.7. The van der Waals surface area contributed by atoms with Gasteiger partial charge in [-0.2, -0.15) is 0 Å². The van der Waals surface area contributed by atoms with Crippen molar-refractivity contribution in [2.75, 3.05) is 5.32 Å². The van der Waals surface area contributed by atoms with Gasteiger partial charge in [0.2, 0.25) is 5.91 Å². The molecule has 1 amide bonds. The second kappa shape index (κ2) is 8.74. The van der Waals surface area contributed by atoms with E-state index < -0.39 is 5.97 Å². The molecule has 20 heavy (non-hydrogen) atoms. The van der Waals surface area contributed by atoms with E-state index in [0.717, 1.165) is 30.6 Å². The molecule has 112 valence electrons. The third-order valence-corrected chi connectivity index (χ3v) is 4.32.